The van der Waals surface area contributed by atoms with Gasteiger partial charge in [0.1, 0.15) is 18.1 Å². The third kappa shape index (κ3) is 6.11. The Morgan fingerprint density at radius 3 is 2.48 bits per heavy atom. The zero-order valence-corrected chi connectivity index (χ0v) is 16.4. The highest BCUT2D eigenvalue weighted by molar-refractivity contribution is 7.13. The monoisotopic (exact) mass is 390 g/mol. The smallest absolute Gasteiger partial charge is 0.234 e. The van der Waals surface area contributed by atoms with Crippen molar-refractivity contribution in [2.24, 2.45) is 0 Å². The number of hydrogen-bond acceptors (Lipinski definition) is 7. The lowest BCUT2D eigenvalue weighted by molar-refractivity contribution is -0.122. The SMILES string of the molecule is CCOc1ccc(OCCNC(=O)CN2CCN(c3nccs3)CC2)cc1. The molecule has 1 amide bonds. The molecule has 2 aromatic rings. The molecule has 0 atom stereocenters. The number of anilines is 1. The van der Waals surface area contributed by atoms with Crippen LogP contribution in [-0.2, 0) is 4.79 Å². The highest BCUT2D eigenvalue weighted by atomic mass is 32.1. The van der Waals surface area contributed by atoms with E-state index in [1.807, 2.05) is 42.8 Å². The van der Waals surface area contributed by atoms with Gasteiger partial charge in [0, 0.05) is 37.8 Å². The summed E-state index contributed by atoms with van der Waals surface area (Å²) in [6, 6.07) is 7.50. The van der Waals surface area contributed by atoms with Gasteiger partial charge < -0.3 is 19.7 Å². The van der Waals surface area contributed by atoms with Crippen molar-refractivity contribution >= 4 is 22.4 Å². The number of ether oxygens (including phenoxy) is 2. The normalized spacial score (nSPS) is 14.8. The number of nitrogens with one attached hydrogen (secondary N) is 1. The van der Waals surface area contributed by atoms with E-state index < -0.39 is 0 Å². The second-order valence-corrected chi connectivity index (χ2v) is 7.05. The molecule has 0 aliphatic carbocycles. The lowest BCUT2D eigenvalue weighted by Crippen LogP contribution is -2.49. The lowest BCUT2D eigenvalue weighted by atomic mass is 10.3. The number of carbonyl (C=O) groups excluding carboxylic acids is 1. The summed E-state index contributed by atoms with van der Waals surface area (Å²) in [7, 11) is 0. The van der Waals surface area contributed by atoms with Gasteiger partial charge in [-0.2, -0.15) is 0 Å². The second-order valence-electron chi connectivity index (χ2n) is 6.18. The number of carbonyl (C=O) groups is 1. The van der Waals surface area contributed by atoms with E-state index in [0.717, 1.165) is 42.8 Å². The Hall–Kier alpha value is -2.32. The van der Waals surface area contributed by atoms with E-state index in [-0.39, 0.29) is 5.91 Å². The van der Waals surface area contributed by atoms with E-state index >= 15 is 0 Å². The molecule has 1 aromatic heterocycles. The third-order valence-electron chi connectivity index (χ3n) is 4.26. The van der Waals surface area contributed by atoms with Crippen LogP contribution in [0.3, 0.4) is 0 Å². The molecule has 1 aromatic carbocycles. The van der Waals surface area contributed by atoms with Crippen LogP contribution in [0.1, 0.15) is 6.92 Å². The highest BCUT2D eigenvalue weighted by Gasteiger charge is 2.20. The number of rotatable bonds is 9. The van der Waals surface area contributed by atoms with Crippen LogP contribution in [-0.4, -0.2) is 68.3 Å². The van der Waals surface area contributed by atoms with Crippen LogP contribution in [0.4, 0.5) is 5.13 Å². The van der Waals surface area contributed by atoms with Crippen molar-refractivity contribution in [1.82, 2.24) is 15.2 Å². The Bertz CT molecular complexity index is 685. The van der Waals surface area contributed by atoms with Gasteiger partial charge in [0.05, 0.1) is 19.7 Å². The largest absolute Gasteiger partial charge is 0.494 e. The third-order valence-corrected chi connectivity index (χ3v) is 5.09. The van der Waals surface area contributed by atoms with Crippen molar-refractivity contribution in [2.75, 3.05) is 57.4 Å². The molecule has 146 valence electrons. The Labute approximate surface area is 163 Å². The average Bonchev–Trinajstić information content (AvgIpc) is 3.22. The molecule has 0 spiro atoms. The predicted octanol–water partition coefficient (Wildman–Crippen LogP) is 1.86. The van der Waals surface area contributed by atoms with Gasteiger partial charge in [-0.1, -0.05) is 0 Å². The van der Waals surface area contributed by atoms with E-state index in [2.05, 4.69) is 20.1 Å². The molecule has 0 bridgehead atoms. The summed E-state index contributed by atoms with van der Waals surface area (Å²) in [6.45, 7) is 7.51. The van der Waals surface area contributed by atoms with Crippen LogP contribution in [0.2, 0.25) is 0 Å². The minimum atomic E-state index is 0.0352. The Kier molecular flexibility index (Phi) is 7.29. The standard InChI is InChI=1S/C19H26N4O3S/c1-2-25-16-3-5-17(6-4-16)26-13-7-20-18(24)15-22-9-11-23(12-10-22)19-21-8-14-27-19/h3-6,8,14H,2,7,9-13,15H2,1H3,(H,20,24). The van der Waals surface area contributed by atoms with Crippen molar-refractivity contribution in [3.8, 4) is 11.5 Å². The molecule has 3 rings (SSSR count). The van der Waals surface area contributed by atoms with Crippen molar-refractivity contribution < 1.29 is 14.3 Å². The van der Waals surface area contributed by atoms with Gasteiger partial charge in [0.25, 0.3) is 0 Å². The summed E-state index contributed by atoms with van der Waals surface area (Å²) >= 11 is 1.66. The molecule has 7 nitrogen and oxygen atoms in total. The molecule has 1 aliphatic rings. The fourth-order valence-electron chi connectivity index (χ4n) is 2.89. The summed E-state index contributed by atoms with van der Waals surface area (Å²) in [4.78, 5) is 20.9. The van der Waals surface area contributed by atoms with Crippen LogP contribution in [0, 0.1) is 0 Å². The number of nitrogens with zero attached hydrogens (tertiary/aromatic N) is 3. The van der Waals surface area contributed by atoms with E-state index in [1.165, 1.54) is 0 Å². The van der Waals surface area contributed by atoms with Gasteiger partial charge >= 0.3 is 0 Å². The molecule has 1 saturated heterocycles. The first-order chi connectivity index (χ1) is 13.2. The van der Waals surface area contributed by atoms with Gasteiger partial charge in [0.2, 0.25) is 5.91 Å². The van der Waals surface area contributed by atoms with Crippen molar-refractivity contribution in [3.63, 3.8) is 0 Å². The Balaban J connectivity index is 1.29. The van der Waals surface area contributed by atoms with E-state index in [1.54, 1.807) is 11.3 Å². The molecule has 0 unspecified atom stereocenters. The van der Waals surface area contributed by atoms with Crippen LogP contribution in [0.15, 0.2) is 35.8 Å². The summed E-state index contributed by atoms with van der Waals surface area (Å²) < 4.78 is 11.0. The maximum atomic E-state index is 12.1. The van der Waals surface area contributed by atoms with E-state index in [4.69, 9.17) is 9.47 Å². The van der Waals surface area contributed by atoms with Gasteiger partial charge in [0.15, 0.2) is 5.13 Å². The number of benzene rings is 1. The number of hydrogen-bond donors (Lipinski definition) is 1. The quantitative estimate of drug-likeness (QED) is 0.660. The molecule has 2 heterocycles. The van der Waals surface area contributed by atoms with Gasteiger partial charge in [-0.25, -0.2) is 4.98 Å². The van der Waals surface area contributed by atoms with Crippen molar-refractivity contribution in [3.05, 3.63) is 35.8 Å². The topological polar surface area (TPSA) is 66.9 Å². The van der Waals surface area contributed by atoms with Gasteiger partial charge in [-0.15, -0.1) is 11.3 Å². The second kappa shape index (κ2) is 10.1. The van der Waals surface area contributed by atoms with Crippen LogP contribution >= 0.6 is 11.3 Å². The summed E-state index contributed by atoms with van der Waals surface area (Å²) in [5.41, 5.74) is 0. The fourth-order valence-corrected chi connectivity index (χ4v) is 3.58. The number of amides is 1. The zero-order valence-electron chi connectivity index (χ0n) is 15.6. The molecular weight excluding hydrogens is 364 g/mol. The predicted molar refractivity (Wildman–Crippen MR) is 107 cm³/mol. The number of thiazole rings is 1. The maximum absolute atomic E-state index is 12.1. The van der Waals surface area contributed by atoms with E-state index in [9.17, 15) is 4.79 Å². The first-order valence-corrected chi connectivity index (χ1v) is 10.1. The molecule has 0 radical (unpaired) electrons. The van der Waals surface area contributed by atoms with Crippen LogP contribution < -0.4 is 19.7 Å². The molecule has 1 fully saturated rings. The summed E-state index contributed by atoms with van der Waals surface area (Å²) in [6.07, 6.45) is 1.83. The minimum absolute atomic E-state index is 0.0352. The molecular formula is C19H26N4O3S. The average molecular weight is 391 g/mol. The van der Waals surface area contributed by atoms with Gasteiger partial charge in [-0.05, 0) is 31.2 Å². The molecule has 1 N–H and O–H groups in total. The molecule has 1 aliphatic heterocycles. The molecule has 8 heteroatoms. The first kappa shape index (κ1) is 19.4. The first-order valence-electron chi connectivity index (χ1n) is 9.24. The minimum Gasteiger partial charge on any atom is -0.494 e. The Morgan fingerprint density at radius 2 is 1.85 bits per heavy atom. The lowest BCUT2D eigenvalue weighted by Gasteiger charge is -2.34. The van der Waals surface area contributed by atoms with Crippen LogP contribution in [0.25, 0.3) is 0 Å². The number of piperazine rings is 1. The molecule has 0 saturated carbocycles. The van der Waals surface area contributed by atoms with Crippen molar-refractivity contribution in [1.29, 1.82) is 0 Å². The maximum Gasteiger partial charge on any atom is 0.234 e. The number of aromatic nitrogens is 1. The Morgan fingerprint density at radius 1 is 1.15 bits per heavy atom. The van der Waals surface area contributed by atoms with Gasteiger partial charge in [-0.3, -0.25) is 9.69 Å². The van der Waals surface area contributed by atoms with Crippen molar-refractivity contribution in [2.45, 2.75) is 6.92 Å². The van der Waals surface area contributed by atoms with E-state index in [0.29, 0.717) is 26.3 Å². The van der Waals surface area contributed by atoms with Crippen LogP contribution in [0.5, 0.6) is 11.5 Å². The zero-order chi connectivity index (χ0) is 18.9. The fraction of sp³-hybridized carbons (Fsp3) is 0.474. The summed E-state index contributed by atoms with van der Waals surface area (Å²) in [5, 5.41) is 5.97. The summed E-state index contributed by atoms with van der Waals surface area (Å²) in [5.74, 6) is 1.63. The molecule has 27 heavy (non-hydrogen) atoms. The highest BCUT2D eigenvalue weighted by Crippen LogP contribution is 2.19.